The zero-order chi connectivity index (χ0) is 11.9. The van der Waals surface area contributed by atoms with Gasteiger partial charge in [0.2, 0.25) is 0 Å². The molecule has 2 nitrogen and oxygen atoms in total. The summed E-state index contributed by atoms with van der Waals surface area (Å²) in [4.78, 5) is 1.41. The summed E-state index contributed by atoms with van der Waals surface area (Å²) >= 11 is 1.96. The van der Waals surface area contributed by atoms with E-state index in [1.807, 2.05) is 11.8 Å². The molecule has 1 saturated carbocycles. The molecule has 2 N–H and O–H groups in total. The summed E-state index contributed by atoms with van der Waals surface area (Å²) in [6.45, 7) is 3.93. The molecule has 1 aromatic carbocycles. The van der Waals surface area contributed by atoms with Gasteiger partial charge in [-0.15, -0.1) is 11.8 Å². The summed E-state index contributed by atoms with van der Waals surface area (Å²) in [5.41, 5.74) is 7.90. The van der Waals surface area contributed by atoms with Crippen LogP contribution in [-0.2, 0) is 10.2 Å². The third kappa shape index (κ3) is 2.01. The van der Waals surface area contributed by atoms with Crippen LogP contribution >= 0.6 is 11.8 Å². The highest BCUT2D eigenvalue weighted by Crippen LogP contribution is 2.53. The quantitative estimate of drug-likeness (QED) is 0.890. The van der Waals surface area contributed by atoms with Crippen molar-refractivity contribution in [1.82, 2.24) is 0 Å². The third-order valence-electron chi connectivity index (χ3n) is 3.98. The van der Waals surface area contributed by atoms with Crippen molar-refractivity contribution in [2.24, 2.45) is 5.73 Å². The Morgan fingerprint density at radius 3 is 2.59 bits per heavy atom. The average Bonchev–Trinajstić information content (AvgIpc) is 3.05. The standard InChI is InChI=1S/C14H19NOS/c1-10(15)14(6-7-14)12-4-2-3-5-13(12)17-11-8-16-9-11/h2-5,10-11H,6-9,15H2,1H3. The van der Waals surface area contributed by atoms with Gasteiger partial charge in [-0.25, -0.2) is 0 Å². The van der Waals surface area contributed by atoms with E-state index in [0.29, 0.717) is 5.25 Å². The first-order valence-corrected chi connectivity index (χ1v) is 7.20. The van der Waals surface area contributed by atoms with E-state index in [1.165, 1.54) is 23.3 Å². The van der Waals surface area contributed by atoms with Gasteiger partial charge >= 0.3 is 0 Å². The first-order chi connectivity index (χ1) is 8.22. The van der Waals surface area contributed by atoms with Gasteiger partial charge in [-0.05, 0) is 31.4 Å². The molecule has 1 aliphatic heterocycles. The molecule has 1 aliphatic carbocycles. The van der Waals surface area contributed by atoms with Crippen molar-refractivity contribution in [2.45, 2.75) is 41.4 Å². The highest BCUT2D eigenvalue weighted by Gasteiger charge is 2.48. The van der Waals surface area contributed by atoms with Gasteiger partial charge in [0.15, 0.2) is 0 Å². The van der Waals surface area contributed by atoms with E-state index in [1.54, 1.807) is 0 Å². The molecular weight excluding hydrogens is 230 g/mol. The van der Waals surface area contributed by atoms with E-state index >= 15 is 0 Å². The van der Waals surface area contributed by atoms with E-state index in [9.17, 15) is 0 Å². The molecule has 92 valence electrons. The smallest absolute Gasteiger partial charge is 0.0611 e. The second kappa shape index (κ2) is 4.30. The van der Waals surface area contributed by atoms with Crippen LogP contribution in [0.25, 0.3) is 0 Å². The minimum atomic E-state index is 0.252. The molecule has 17 heavy (non-hydrogen) atoms. The van der Waals surface area contributed by atoms with Crippen LogP contribution in [0.15, 0.2) is 29.2 Å². The zero-order valence-corrected chi connectivity index (χ0v) is 11.0. The molecule has 0 amide bonds. The third-order valence-corrected chi connectivity index (χ3v) is 5.20. The Bertz CT molecular complexity index is 410. The predicted octanol–water partition coefficient (Wildman–Crippen LogP) is 2.56. The van der Waals surface area contributed by atoms with E-state index < -0.39 is 0 Å². The molecule has 3 heteroatoms. The fourth-order valence-electron chi connectivity index (χ4n) is 2.55. The minimum Gasteiger partial charge on any atom is -0.379 e. The van der Waals surface area contributed by atoms with Gasteiger partial charge in [0, 0.05) is 16.4 Å². The number of rotatable bonds is 4. The van der Waals surface area contributed by atoms with Crippen LogP contribution in [0.4, 0.5) is 0 Å². The molecule has 1 saturated heterocycles. The predicted molar refractivity (Wildman–Crippen MR) is 71.5 cm³/mol. The topological polar surface area (TPSA) is 35.2 Å². The Labute approximate surface area is 107 Å². The second-order valence-corrected chi connectivity index (χ2v) is 6.56. The number of nitrogens with two attached hydrogens (primary N) is 1. The summed E-state index contributed by atoms with van der Waals surface area (Å²) in [5.74, 6) is 0. The van der Waals surface area contributed by atoms with E-state index in [0.717, 1.165) is 13.2 Å². The summed E-state index contributed by atoms with van der Waals surface area (Å²) < 4.78 is 5.25. The van der Waals surface area contributed by atoms with Crippen LogP contribution < -0.4 is 5.73 Å². The Morgan fingerprint density at radius 2 is 2.06 bits per heavy atom. The van der Waals surface area contributed by atoms with E-state index in [4.69, 9.17) is 10.5 Å². The van der Waals surface area contributed by atoms with Crippen LogP contribution in [0.2, 0.25) is 0 Å². The van der Waals surface area contributed by atoms with Crippen molar-refractivity contribution in [2.75, 3.05) is 13.2 Å². The Hall–Kier alpha value is -0.510. The summed E-state index contributed by atoms with van der Waals surface area (Å²) in [5, 5.41) is 0.639. The monoisotopic (exact) mass is 249 g/mol. The Kier molecular flexibility index (Phi) is 2.93. The van der Waals surface area contributed by atoms with Crippen molar-refractivity contribution in [3.63, 3.8) is 0 Å². The maximum absolute atomic E-state index is 6.18. The van der Waals surface area contributed by atoms with Crippen molar-refractivity contribution < 1.29 is 4.74 Å². The number of hydrogen-bond acceptors (Lipinski definition) is 3. The maximum Gasteiger partial charge on any atom is 0.0611 e. The SMILES string of the molecule is CC(N)C1(c2ccccc2SC2COC2)CC1. The highest BCUT2D eigenvalue weighted by atomic mass is 32.2. The van der Waals surface area contributed by atoms with Gasteiger partial charge in [-0.2, -0.15) is 0 Å². The van der Waals surface area contributed by atoms with Gasteiger partial charge < -0.3 is 10.5 Å². The van der Waals surface area contributed by atoms with Crippen LogP contribution in [0, 0.1) is 0 Å². The normalized spacial score (nSPS) is 24.1. The van der Waals surface area contributed by atoms with Gasteiger partial charge in [0.25, 0.3) is 0 Å². The van der Waals surface area contributed by atoms with Gasteiger partial charge in [0.05, 0.1) is 18.5 Å². The van der Waals surface area contributed by atoms with Crippen molar-refractivity contribution in [1.29, 1.82) is 0 Å². The molecule has 0 bridgehead atoms. The molecular formula is C14H19NOS. The molecule has 2 fully saturated rings. The van der Waals surface area contributed by atoms with Gasteiger partial charge in [-0.3, -0.25) is 0 Å². The molecule has 0 aromatic heterocycles. The van der Waals surface area contributed by atoms with Gasteiger partial charge in [-0.1, -0.05) is 18.2 Å². The van der Waals surface area contributed by atoms with Crippen LogP contribution in [-0.4, -0.2) is 24.5 Å². The minimum absolute atomic E-state index is 0.252. The number of thioether (sulfide) groups is 1. The molecule has 1 heterocycles. The highest BCUT2D eigenvalue weighted by molar-refractivity contribution is 8.00. The Balaban J connectivity index is 1.88. The average molecular weight is 249 g/mol. The lowest BCUT2D eigenvalue weighted by Crippen LogP contribution is -2.33. The summed E-state index contributed by atoms with van der Waals surface area (Å²) in [7, 11) is 0. The molecule has 0 spiro atoms. The molecule has 1 unspecified atom stereocenters. The molecule has 3 rings (SSSR count). The van der Waals surface area contributed by atoms with Crippen molar-refractivity contribution >= 4 is 11.8 Å². The maximum atomic E-state index is 6.18. The zero-order valence-electron chi connectivity index (χ0n) is 10.2. The largest absolute Gasteiger partial charge is 0.379 e. The van der Waals surface area contributed by atoms with Crippen LogP contribution in [0.1, 0.15) is 25.3 Å². The fourth-order valence-corrected chi connectivity index (χ4v) is 3.79. The van der Waals surface area contributed by atoms with E-state index in [2.05, 4.69) is 31.2 Å². The fraction of sp³-hybridized carbons (Fsp3) is 0.571. The summed E-state index contributed by atoms with van der Waals surface area (Å²) in [6.07, 6.45) is 2.48. The Morgan fingerprint density at radius 1 is 1.35 bits per heavy atom. The number of benzene rings is 1. The van der Waals surface area contributed by atoms with E-state index in [-0.39, 0.29) is 11.5 Å². The molecule has 1 atom stereocenters. The van der Waals surface area contributed by atoms with Crippen LogP contribution in [0.3, 0.4) is 0 Å². The van der Waals surface area contributed by atoms with Gasteiger partial charge in [0.1, 0.15) is 0 Å². The van der Waals surface area contributed by atoms with Crippen molar-refractivity contribution in [3.05, 3.63) is 29.8 Å². The van der Waals surface area contributed by atoms with Crippen LogP contribution in [0.5, 0.6) is 0 Å². The first kappa shape index (κ1) is 11.6. The lowest BCUT2D eigenvalue weighted by Gasteiger charge is -2.28. The lowest BCUT2D eigenvalue weighted by molar-refractivity contribution is 0.0455. The van der Waals surface area contributed by atoms with Crippen molar-refractivity contribution in [3.8, 4) is 0 Å². The second-order valence-electron chi connectivity index (χ2n) is 5.22. The summed E-state index contributed by atoms with van der Waals surface area (Å²) in [6, 6.07) is 9.02. The lowest BCUT2D eigenvalue weighted by atomic mass is 9.89. The number of hydrogen-bond donors (Lipinski definition) is 1. The number of ether oxygens (including phenoxy) is 1. The molecule has 0 radical (unpaired) electrons. The molecule has 1 aromatic rings. The molecule has 2 aliphatic rings. The first-order valence-electron chi connectivity index (χ1n) is 6.32.